The molecule has 2 aliphatic heterocycles. The predicted octanol–water partition coefficient (Wildman–Crippen LogP) is 2.30. The Hall–Kier alpha value is -1.96. The maximum absolute atomic E-state index is 10.1. The van der Waals surface area contributed by atoms with Crippen LogP contribution in [0, 0.1) is 6.92 Å². The van der Waals surface area contributed by atoms with Gasteiger partial charge in [-0.25, -0.2) is 0 Å². The van der Waals surface area contributed by atoms with Gasteiger partial charge in [0.2, 0.25) is 0 Å². The summed E-state index contributed by atoms with van der Waals surface area (Å²) in [5.74, 6) is 0.859. The van der Waals surface area contributed by atoms with Crippen molar-refractivity contribution in [1.29, 1.82) is 0 Å². The Kier molecular flexibility index (Phi) is 6.71. The first kappa shape index (κ1) is 21.3. The molecule has 0 unspecified atom stereocenters. The average Bonchev–Trinajstić information content (AvgIpc) is 3.26. The molecule has 6 nitrogen and oxygen atoms in total. The lowest BCUT2D eigenvalue weighted by Gasteiger charge is -2.36. The van der Waals surface area contributed by atoms with Gasteiger partial charge in [-0.2, -0.15) is 0 Å². The molecule has 4 rings (SSSR count). The van der Waals surface area contributed by atoms with Crippen molar-refractivity contribution < 1.29 is 29.5 Å². The molecule has 0 spiro atoms. The van der Waals surface area contributed by atoms with Gasteiger partial charge in [0.25, 0.3) is 0 Å². The average molecular weight is 414 g/mol. The maximum Gasteiger partial charge on any atom is 0.124 e. The minimum absolute atomic E-state index is 0.141. The molecule has 2 saturated heterocycles. The Bertz CT molecular complexity index is 830. The summed E-state index contributed by atoms with van der Waals surface area (Å²) in [6, 6.07) is 14.3. The molecule has 162 valence electrons. The topological polar surface area (TPSA) is 88.4 Å². The van der Waals surface area contributed by atoms with Crippen LogP contribution in [0.3, 0.4) is 0 Å². The molecule has 2 aromatic rings. The standard InChI is InChI=1S/C24H30O6/c1-15-2-5-17(22-12-21(26)24(27)23(13-25)30-22)11-18(15)10-16-3-6-19(7-4-16)29-20-8-9-28-14-20/h2-7,11,20-27H,8-10,12-14H2,1H3/t20-,21-,22-,23-,24+/m1/s1. The number of aliphatic hydroxyl groups is 3. The van der Waals surface area contributed by atoms with E-state index in [1.807, 2.05) is 18.2 Å². The zero-order chi connectivity index (χ0) is 21.1. The Labute approximate surface area is 177 Å². The first-order valence-corrected chi connectivity index (χ1v) is 10.6. The monoisotopic (exact) mass is 414 g/mol. The van der Waals surface area contributed by atoms with E-state index in [1.165, 1.54) is 16.7 Å². The second-order valence-corrected chi connectivity index (χ2v) is 8.25. The number of ether oxygens (including phenoxy) is 3. The van der Waals surface area contributed by atoms with Gasteiger partial charge in [-0.05, 0) is 47.7 Å². The summed E-state index contributed by atoms with van der Waals surface area (Å²) >= 11 is 0. The third kappa shape index (κ3) is 4.85. The van der Waals surface area contributed by atoms with Crippen LogP contribution in [0.15, 0.2) is 42.5 Å². The Morgan fingerprint density at radius 1 is 1.10 bits per heavy atom. The molecule has 6 heteroatoms. The molecule has 3 N–H and O–H groups in total. The highest BCUT2D eigenvalue weighted by molar-refractivity contribution is 5.38. The second-order valence-electron chi connectivity index (χ2n) is 8.25. The van der Waals surface area contributed by atoms with Crippen LogP contribution >= 0.6 is 0 Å². The van der Waals surface area contributed by atoms with Crippen molar-refractivity contribution in [2.75, 3.05) is 19.8 Å². The molecule has 0 bridgehead atoms. The smallest absolute Gasteiger partial charge is 0.124 e. The van der Waals surface area contributed by atoms with Gasteiger partial charge in [-0.3, -0.25) is 0 Å². The fourth-order valence-electron chi connectivity index (χ4n) is 4.11. The molecular weight excluding hydrogens is 384 g/mol. The van der Waals surface area contributed by atoms with Crippen LogP contribution in [0.1, 0.15) is 41.2 Å². The Morgan fingerprint density at radius 3 is 2.60 bits per heavy atom. The molecule has 0 amide bonds. The molecule has 0 aromatic heterocycles. The molecule has 2 fully saturated rings. The fourth-order valence-corrected chi connectivity index (χ4v) is 4.11. The van der Waals surface area contributed by atoms with E-state index in [0.29, 0.717) is 13.0 Å². The number of hydrogen-bond donors (Lipinski definition) is 3. The minimum atomic E-state index is -1.06. The van der Waals surface area contributed by atoms with Crippen molar-refractivity contribution in [2.45, 2.75) is 56.7 Å². The molecule has 2 aromatic carbocycles. The first-order valence-electron chi connectivity index (χ1n) is 10.6. The highest BCUT2D eigenvalue weighted by Crippen LogP contribution is 2.33. The fraction of sp³-hybridized carbons (Fsp3) is 0.500. The van der Waals surface area contributed by atoms with Gasteiger partial charge in [-0.1, -0.05) is 30.3 Å². The van der Waals surface area contributed by atoms with E-state index >= 15 is 0 Å². The van der Waals surface area contributed by atoms with Crippen LogP contribution in [0.25, 0.3) is 0 Å². The summed E-state index contributed by atoms with van der Waals surface area (Å²) in [5, 5.41) is 29.5. The van der Waals surface area contributed by atoms with Gasteiger partial charge in [0.1, 0.15) is 24.1 Å². The molecule has 0 radical (unpaired) electrons. The van der Waals surface area contributed by atoms with E-state index < -0.39 is 18.3 Å². The quantitative estimate of drug-likeness (QED) is 0.672. The van der Waals surface area contributed by atoms with E-state index in [4.69, 9.17) is 14.2 Å². The molecule has 2 aliphatic rings. The van der Waals surface area contributed by atoms with Gasteiger partial charge in [0.15, 0.2) is 0 Å². The summed E-state index contributed by atoms with van der Waals surface area (Å²) in [6.07, 6.45) is -0.964. The van der Waals surface area contributed by atoms with Crippen LogP contribution in [0.2, 0.25) is 0 Å². The molecule has 2 heterocycles. The van der Waals surface area contributed by atoms with Crippen molar-refractivity contribution in [3.8, 4) is 5.75 Å². The van der Waals surface area contributed by atoms with Crippen molar-refractivity contribution in [1.82, 2.24) is 0 Å². The number of aryl methyl sites for hydroxylation is 1. The molecule has 30 heavy (non-hydrogen) atoms. The zero-order valence-electron chi connectivity index (χ0n) is 17.2. The molecular formula is C24H30O6. The Balaban J connectivity index is 1.45. The van der Waals surface area contributed by atoms with Crippen molar-refractivity contribution >= 4 is 0 Å². The van der Waals surface area contributed by atoms with E-state index in [9.17, 15) is 15.3 Å². The number of benzene rings is 2. The van der Waals surface area contributed by atoms with E-state index in [2.05, 4.69) is 31.2 Å². The summed E-state index contributed by atoms with van der Waals surface area (Å²) in [4.78, 5) is 0. The van der Waals surface area contributed by atoms with E-state index in [0.717, 1.165) is 30.8 Å². The summed E-state index contributed by atoms with van der Waals surface area (Å²) < 4.78 is 17.1. The Morgan fingerprint density at radius 2 is 1.90 bits per heavy atom. The van der Waals surface area contributed by atoms with Gasteiger partial charge >= 0.3 is 0 Å². The number of rotatable bonds is 6. The van der Waals surface area contributed by atoms with Gasteiger partial charge in [0, 0.05) is 12.8 Å². The van der Waals surface area contributed by atoms with Gasteiger partial charge in [0.05, 0.1) is 32.0 Å². The molecule has 5 atom stereocenters. The van der Waals surface area contributed by atoms with Gasteiger partial charge < -0.3 is 29.5 Å². The highest BCUT2D eigenvalue weighted by atomic mass is 16.5. The molecule has 0 aliphatic carbocycles. The van der Waals surface area contributed by atoms with Crippen LogP contribution in [0.5, 0.6) is 5.75 Å². The third-order valence-corrected chi connectivity index (χ3v) is 6.00. The van der Waals surface area contributed by atoms with Crippen LogP contribution < -0.4 is 4.74 Å². The summed E-state index contributed by atoms with van der Waals surface area (Å²) in [7, 11) is 0. The van der Waals surface area contributed by atoms with Crippen LogP contribution in [-0.4, -0.2) is 59.6 Å². The lowest BCUT2D eigenvalue weighted by molar-refractivity contribution is -0.181. The summed E-state index contributed by atoms with van der Waals surface area (Å²) in [5.41, 5.74) is 4.48. The van der Waals surface area contributed by atoms with E-state index in [1.54, 1.807) is 0 Å². The van der Waals surface area contributed by atoms with Gasteiger partial charge in [-0.15, -0.1) is 0 Å². The number of hydrogen-bond acceptors (Lipinski definition) is 6. The lowest BCUT2D eigenvalue weighted by Crippen LogP contribution is -2.47. The number of aliphatic hydroxyl groups excluding tert-OH is 3. The van der Waals surface area contributed by atoms with Crippen molar-refractivity contribution in [3.63, 3.8) is 0 Å². The zero-order valence-corrected chi connectivity index (χ0v) is 17.2. The normalized spacial score (nSPS) is 29.1. The predicted molar refractivity (Wildman–Crippen MR) is 112 cm³/mol. The highest BCUT2D eigenvalue weighted by Gasteiger charge is 2.37. The second kappa shape index (κ2) is 9.45. The summed E-state index contributed by atoms with van der Waals surface area (Å²) in [6.45, 7) is 3.17. The molecule has 0 saturated carbocycles. The first-order chi connectivity index (χ1) is 14.5. The lowest BCUT2D eigenvalue weighted by atomic mass is 9.91. The van der Waals surface area contributed by atoms with Crippen LogP contribution in [0.4, 0.5) is 0 Å². The largest absolute Gasteiger partial charge is 0.488 e. The minimum Gasteiger partial charge on any atom is -0.488 e. The van der Waals surface area contributed by atoms with Crippen LogP contribution in [-0.2, 0) is 15.9 Å². The maximum atomic E-state index is 10.1. The SMILES string of the molecule is Cc1ccc([C@H]2C[C@@H](O)[C@H](O)[C@@H](CO)O2)cc1Cc1ccc(O[C@@H]2CCOC2)cc1. The third-order valence-electron chi connectivity index (χ3n) is 6.00. The van der Waals surface area contributed by atoms with E-state index in [-0.39, 0.29) is 18.8 Å². The van der Waals surface area contributed by atoms with Crippen molar-refractivity contribution in [3.05, 3.63) is 64.7 Å². The van der Waals surface area contributed by atoms with Crippen molar-refractivity contribution in [2.24, 2.45) is 0 Å².